The highest BCUT2D eigenvalue weighted by molar-refractivity contribution is 5.96. The van der Waals surface area contributed by atoms with Crippen LogP contribution in [0.1, 0.15) is 86.9 Å². The van der Waals surface area contributed by atoms with Gasteiger partial charge in [0.2, 0.25) is 5.91 Å². The zero-order valence-electron chi connectivity index (χ0n) is 28.1. The third-order valence-electron chi connectivity index (χ3n) is 8.33. The Bertz CT molecular complexity index is 1420. The van der Waals surface area contributed by atoms with Crippen LogP contribution in [-0.2, 0) is 14.3 Å². The number of carbonyl (C=O) groups excluding carboxylic acids is 2. The number of methoxy groups -OCH3 is 1. The summed E-state index contributed by atoms with van der Waals surface area (Å²) in [5, 5.41) is 40.1. The number of carbonyl (C=O) groups is 2. The number of esters is 1. The Morgan fingerprint density at radius 1 is 1.16 bits per heavy atom. The molecule has 0 bridgehead atoms. The van der Waals surface area contributed by atoms with Crippen molar-refractivity contribution in [2.45, 2.75) is 93.5 Å². The molecule has 6 atom stereocenters. The monoisotopic (exact) mass is 623 g/mol. The van der Waals surface area contributed by atoms with E-state index in [0.717, 1.165) is 18.4 Å². The molecule has 11 nitrogen and oxygen atoms in total. The molecular formula is C34H49N5O6. The molecule has 1 heterocycles. The highest BCUT2D eigenvalue weighted by Crippen LogP contribution is 2.46. The lowest BCUT2D eigenvalue weighted by atomic mass is 9.64. The van der Waals surface area contributed by atoms with E-state index >= 15 is 0 Å². The Hall–Kier alpha value is -3.75. The molecule has 6 unspecified atom stereocenters. The average molecular weight is 624 g/mol. The molecule has 11 heteroatoms. The number of amides is 1. The molecule has 0 aliphatic heterocycles. The number of hydrogen-bond donors (Lipinski definition) is 4. The van der Waals surface area contributed by atoms with Crippen molar-refractivity contribution < 1.29 is 29.3 Å². The Morgan fingerprint density at radius 3 is 2.36 bits per heavy atom. The van der Waals surface area contributed by atoms with Gasteiger partial charge >= 0.3 is 5.97 Å². The third kappa shape index (κ3) is 8.70. The predicted octanol–water partition coefficient (Wildman–Crippen LogP) is 5.59. The standard InChI is InChI=1S/C34H49N5O6/c1-18(2)13-21-14-19(3)15-23(33(4,5)6)27(21)45-31(42)26(22(17-35)30(40)41)29-37-28(38-39-29)20-11-12-25(44-10)24(16-20)36-32(43)34(7,8)9/h11-13,16,19,21-23,26-27,30,40-41H,14-15H2,1-10H3,(H,36,43)(H,37,38,39). The van der Waals surface area contributed by atoms with Crippen LogP contribution in [-0.4, -0.2) is 56.8 Å². The second kappa shape index (κ2) is 14.1. The zero-order valence-corrected chi connectivity index (χ0v) is 28.1. The van der Waals surface area contributed by atoms with Gasteiger partial charge in [0.15, 0.2) is 12.1 Å². The number of hydrogen-bond acceptors (Lipinski definition) is 9. The van der Waals surface area contributed by atoms with Gasteiger partial charge < -0.3 is 25.0 Å². The molecule has 1 aliphatic carbocycles. The minimum absolute atomic E-state index is 0.0253. The quantitative estimate of drug-likeness (QED) is 0.158. The summed E-state index contributed by atoms with van der Waals surface area (Å²) < 4.78 is 11.7. The number of aliphatic hydroxyl groups is 2. The van der Waals surface area contributed by atoms with Crippen molar-refractivity contribution in [2.24, 2.45) is 34.5 Å². The van der Waals surface area contributed by atoms with Crippen LogP contribution < -0.4 is 10.1 Å². The molecule has 0 saturated heterocycles. The number of aliphatic hydroxyl groups excluding tert-OH is 1. The molecule has 0 spiro atoms. The lowest BCUT2D eigenvalue weighted by Gasteiger charge is -2.46. The number of allylic oxidation sites excluding steroid dienone is 1. The number of aromatic nitrogens is 3. The molecule has 0 radical (unpaired) electrons. The molecule has 1 aliphatic rings. The summed E-state index contributed by atoms with van der Waals surface area (Å²) in [6.45, 7) is 18.0. The van der Waals surface area contributed by atoms with Crippen LogP contribution in [0.2, 0.25) is 0 Å². The summed E-state index contributed by atoms with van der Waals surface area (Å²) >= 11 is 0. The van der Waals surface area contributed by atoms with Crippen molar-refractivity contribution in [3.8, 4) is 23.2 Å². The average Bonchev–Trinajstić information content (AvgIpc) is 3.40. The molecule has 4 N–H and O–H groups in total. The fraction of sp³-hybridized carbons (Fsp3) is 0.618. The number of nitrogens with zero attached hydrogens (tertiary/aromatic N) is 3. The number of nitriles is 1. The number of ether oxygens (including phenoxy) is 2. The molecular weight excluding hydrogens is 574 g/mol. The Kier molecular flexibility index (Phi) is 11.2. The molecule has 1 saturated carbocycles. The number of nitrogens with one attached hydrogen (secondary N) is 2. The number of H-pyrrole nitrogens is 1. The molecule has 1 aromatic heterocycles. The van der Waals surface area contributed by atoms with E-state index in [1.165, 1.54) is 7.11 Å². The summed E-state index contributed by atoms with van der Waals surface area (Å²) in [4.78, 5) is 31.2. The molecule has 246 valence electrons. The second-order valence-corrected chi connectivity index (χ2v) is 14.6. The normalized spacial score (nSPS) is 21.8. The van der Waals surface area contributed by atoms with Crippen molar-refractivity contribution in [3.63, 3.8) is 0 Å². The van der Waals surface area contributed by atoms with Gasteiger partial charge in [-0.1, -0.05) is 60.1 Å². The van der Waals surface area contributed by atoms with Crippen molar-refractivity contribution in [3.05, 3.63) is 35.7 Å². The highest BCUT2D eigenvalue weighted by Gasteiger charge is 2.46. The Labute approximate surface area is 266 Å². The Balaban J connectivity index is 2.04. The topological polar surface area (TPSA) is 170 Å². The van der Waals surface area contributed by atoms with Crippen LogP contribution in [0.3, 0.4) is 0 Å². The van der Waals surface area contributed by atoms with E-state index in [1.807, 2.05) is 19.9 Å². The SMILES string of the molecule is COc1ccc(-c2n[nH]c(C(C(=O)OC3C(C=C(C)C)CC(C)CC3C(C)(C)C)C(C#N)C(O)O)n2)cc1NC(=O)C(C)(C)C. The lowest BCUT2D eigenvalue weighted by molar-refractivity contribution is -0.168. The predicted molar refractivity (Wildman–Crippen MR) is 171 cm³/mol. The first-order chi connectivity index (χ1) is 20.9. The first kappa shape index (κ1) is 35.7. The first-order valence-corrected chi connectivity index (χ1v) is 15.4. The lowest BCUT2D eigenvalue weighted by Crippen LogP contribution is -2.46. The van der Waals surface area contributed by atoms with Crippen LogP contribution in [0.5, 0.6) is 5.75 Å². The molecule has 2 aromatic rings. The molecule has 45 heavy (non-hydrogen) atoms. The fourth-order valence-electron chi connectivity index (χ4n) is 5.91. The second-order valence-electron chi connectivity index (χ2n) is 14.6. The maximum Gasteiger partial charge on any atom is 0.318 e. The van der Waals surface area contributed by atoms with E-state index in [0.29, 0.717) is 22.9 Å². The van der Waals surface area contributed by atoms with Crippen molar-refractivity contribution in [1.82, 2.24) is 15.2 Å². The van der Waals surface area contributed by atoms with Crippen LogP contribution >= 0.6 is 0 Å². The summed E-state index contributed by atoms with van der Waals surface area (Å²) in [5.74, 6) is -3.07. The van der Waals surface area contributed by atoms with Gasteiger partial charge in [-0.15, -0.1) is 0 Å². The number of benzene rings is 1. The van der Waals surface area contributed by atoms with Gasteiger partial charge in [0, 0.05) is 22.8 Å². The van der Waals surface area contributed by atoms with Crippen LogP contribution in [0.4, 0.5) is 5.69 Å². The minimum Gasteiger partial charge on any atom is -0.495 e. The van der Waals surface area contributed by atoms with Crippen molar-refractivity contribution in [2.75, 3.05) is 12.4 Å². The summed E-state index contributed by atoms with van der Waals surface area (Å²) in [6.07, 6.45) is 1.21. The highest BCUT2D eigenvalue weighted by atomic mass is 16.5. The van der Waals surface area contributed by atoms with Gasteiger partial charge in [-0.2, -0.15) is 10.4 Å². The van der Waals surface area contributed by atoms with Crippen molar-refractivity contribution in [1.29, 1.82) is 5.26 Å². The molecule has 1 amide bonds. The summed E-state index contributed by atoms with van der Waals surface area (Å²) in [5.41, 5.74) is 1.17. The van der Waals surface area contributed by atoms with E-state index in [1.54, 1.807) is 39.0 Å². The van der Waals surface area contributed by atoms with Gasteiger partial charge in [-0.25, -0.2) is 4.98 Å². The summed E-state index contributed by atoms with van der Waals surface area (Å²) in [7, 11) is 1.49. The van der Waals surface area contributed by atoms with Crippen molar-refractivity contribution >= 4 is 17.6 Å². The van der Waals surface area contributed by atoms with E-state index in [-0.39, 0.29) is 34.8 Å². The smallest absolute Gasteiger partial charge is 0.318 e. The molecule has 1 fully saturated rings. The van der Waals surface area contributed by atoms with E-state index in [2.05, 4.69) is 54.3 Å². The summed E-state index contributed by atoms with van der Waals surface area (Å²) in [6, 6.07) is 6.85. The number of anilines is 1. The maximum absolute atomic E-state index is 14.0. The van der Waals surface area contributed by atoms with Gasteiger partial charge in [0.05, 0.1) is 18.9 Å². The minimum atomic E-state index is -2.14. The van der Waals surface area contributed by atoms with Gasteiger partial charge in [0.1, 0.15) is 29.5 Å². The maximum atomic E-state index is 14.0. The number of rotatable bonds is 9. The largest absolute Gasteiger partial charge is 0.495 e. The van der Waals surface area contributed by atoms with Gasteiger partial charge in [0.25, 0.3) is 0 Å². The van der Waals surface area contributed by atoms with Gasteiger partial charge in [-0.3, -0.25) is 14.7 Å². The molecule has 3 rings (SSSR count). The van der Waals surface area contributed by atoms with E-state index in [9.17, 15) is 25.1 Å². The third-order valence-corrected chi connectivity index (χ3v) is 8.33. The molecule has 1 aromatic carbocycles. The fourth-order valence-corrected chi connectivity index (χ4v) is 5.91. The van der Waals surface area contributed by atoms with Gasteiger partial charge in [-0.05, 0) is 56.2 Å². The van der Waals surface area contributed by atoms with Crippen LogP contribution in [0.15, 0.2) is 29.8 Å². The number of aromatic amines is 1. The van der Waals surface area contributed by atoms with E-state index < -0.39 is 35.6 Å². The van der Waals surface area contributed by atoms with Crippen LogP contribution in [0, 0.1) is 45.8 Å². The van der Waals surface area contributed by atoms with E-state index in [4.69, 9.17) is 9.47 Å². The first-order valence-electron chi connectivity index (χ1n) is 15.4. The van der Waals surface area contributed by atoms with Crippen LogP contribution in [0.25, 0.3) is 11.4 Å². The zero-order chi connectivity index (χ0) is 33.9. The Morgan fingerprint density at radius 2 is 1.82 bits per heavy atom.